The molecule has 3 N–H and O–H groups in total. The molecule has 0 bridgehead atoms. The molecule has 1 aromatic carbocycles. The Bertz CT molecular complexity index is 560. The van der Waals surface area contributed by atoms with Gasteiger partial charge in [0.05, 0.1) is 18.8 Å². The Labute approximate surface area is 120 Å². The van der Waals surface area contributed by atoms with Gasteiger partial charge in [0.25, 0.3) is 0 Å². The molecule has 19 heavy (non-hydrogen) atoms. The van der Waals surface area contributed by atoms with E-state index in [9.17, 15) is 13.2 Å². The van der Waals surface area contributed by atoms with Crippen LogP contribution in [-0.4, -0.2) is 26.7 Å². The molecule has 0 heterocycles. The number of benzene rings is 1. The van der Waals surface area contributed by atoms with Crippen LogP contribution >= 0.6 is 15.9 Å². The molecule has 0 saturated carbocycles. The zero-order valence-electron chi connectivity index (χ0n) is 10.3. The molecular formula is C11H15BrN2O4S. The fourth-order valence-electron chi connectivity index (χ4n) is 1.27. The lowest BCUT2D eigenvalue weighted by Gasteiger charge is -2.09. The number of nitrogens with two attached hydrogens (primary N) is 1. The minimum Gasteiger partial charge on any atom is -0.466 e. The number of anilines is 2. The van der Waals surface area contributed by atoms with E-state index in [1.807, 2.05) is 0 Å². The summed E-state index contributed by atoms with van der Waals surface area (Å²) in [6.07, 6.45) is -0.181. The second-order valence-corrected chi connectivity index (χ2v) is 6.41. The SMILES string of the molecule is CCOC(=O)CCS(=O)(=O)Nc1ccc(N)c(Br)c1. The van der Waals surface area contributed by atoms with Crippen LogP contribution in [0.25, 0.3) is 0 Å². The van der Waals surface area contributed by atoms with Crippen molar-refractivity contribution in [2.75, 3.05) is 22.8 Å². The number of nitrogens with one attached hydrogen (secondary N) is 1. The first-order valence-electron chi connectivity index (χ1n) is 5.55. The minimum absolute atomic E-state index is 0.181. The molecule has 0 aromatic heterocycles. The number of sulfonamides is 1. The van der Waals surface area contributed by atoms with Crippen LogP contribution in [0.2, 0.25) is 0 Å². The van der Waals surface area contributed by atoms with Crippen LogP contribution in [0.1, 0.15) is 13.3 Å². The summed E-state index contributed by atoms with van der Waals surface area (Å²) in [5.41, 5.74) is 6.49. The maximum Gasteiger partial charge on any atom is 0.306 e. The molecule has 1 rings (SSSR count). The predicted molar refractivity (Wildman–Crippen MR) is 77.2 cm³/mol. The van der Waals surface area contributed by atoms with Gasteiger partial charge in [0.1, 0.15) is 0 Å². The van der Waals surface area contributed by atoms with E-state index in [1.54, 1.807) is 25.1 Å². The third-order valence-electron chi connectivity index (χ3n) is 2.15. The third-order valence-corrected chi connectivity index (χ3v) is 4.13. The molecule has 0 spiro atoms. The summed E-state index contributed by atoms with van der Waals surface area (Å²) >= 11 is 3.20. The van der Waals surface area contributed by atoms with Gasteiger partial charge in [-0.3, -0.25) is 9.52 Å². The minimum atomic E-state index is -3.59. The van der Waals surface area contributed by atoms with Crippen LogP contribution in [0.15, 0.2) is 22.7 Å². The molecule has 0 unspecified atom stereocenters. The number of carbonyl (C=O) groups is 1. The highest BCUT2D eigenvalue weighted by Gasteiger charge is 2.14. The Morgan fingerprint density at radius 1 is 1.47 bits per heavy atom. The molecule has 6 nitrogen and oxygen atoms in total. The molecule has 0 aliphatic rings. The van der Waals surface area contributed by atoms with Gasteiger partial charge < -0.3 is 10.5 Å². The van der Waals surface area contributed by atoms with Gasteiger partial charge in [-0.25, -0.2) is 8.42 Å². The Balaban J connectivity index is 2.64. The summed E-state index contributed by atoms with van der Waals surface area (Å²) in [5.74, 6) is -0.861. The average molecular weight is 351 g/mol. The van der Waals surface area contributed by atoms with Crippen molar-refractivity contribution in [2.24, 2.45) is 0 Å². The number of rotatable bonds is 6. The van der Waals surface area contributed by atoms with Crippen molar-refractivity contribution in [3.63, 3.8) is 0 Å². The highest BCUT2D eigenvalue weighted by Crippen LogP contribution is 2.23. The molecule has 0 aliphatic heterocycles. The second kappa shape index (κ2) is 6.76. The van der Waals surface area contributed by atoms with Gasteiger partial charge in [-0.05, 0) is 41.1 Å². The van der Waals surface area contributed by atoms with Crippen molar-refractivity contribution in [2.45, 2.75) is 13.3 Å². The van der Waals surface area contributed by atoms with Gasteiger partial charge in [-0.1, -0.05) is 0 Å². The molecule has 106 valence electrons. The van der Waals surface area contributed by atoms with Crippen molar-refractivity contribution in [3.05, 3.63) is 22.7 Å². The van der Waals surface area contributed by atoms with Gasteiger partial charge in [-0.2, -0.15) is 0 Å². The van der Waals surface area contributed by atoms with E-state index in [1.165, 1.54) is 0 Å². The molecule has 0 aliphatic carbocycles. The molecule has 0 atom stereocenters. The normalized spacial score (nSPS) is 11.1. The summed E-state index contributed by atoms with van der Waals surface area (Å²) in [6, 6.07) is 4.67. The predicted octanol–water partition coefficient (Wildman–Crippen LogP) is 1.73. The Morgan fingerprint density at radius 3 is 2.74 bits per heavy atom. The summed E-state index contributed by atoms with van der Waals surface area (Å²) in [4.78, 5) is 11.1. The number of esters is 1. The van der Waals surface area contributed by atoms with Gasteiger partial charge in [0.2, 0.25) is 10.0 Å². The summed E-state index contributed by atoms with van der Waals surface area (Å²) < 4.78 is 31.1. The highest BCUT2D eigenvalue weighted by atomic mass is 79.9. The van der Waals surface area contributed by atoms with Crippen molar-refractivity contribution in [3.8, 4) is 0 Å². The van der Waals surface area contributed by atoms with E-state index in [0.29, 0.717) is 15.8 Å². The van der Waals surface area contributed by atoms with Crippen LogP contribution < -0.4 is 10.5 Å². The standard InChI is InChI=1S/C11H15BrN2O4S/c1-2-18-11(15)5-6-19(16,17)14-8-3-4-10(13)9(12)7-8/h3-4,7,14H,2,5-6,13H2,1H3. The van der Waals surface area contributed by atoms with Crippen LogP contribution in [0.4, 0.5) is 11.4 Å². The van der Waals surface area contributed by atoms with Gasteiger partial charge in [0, 0.05) is 15.8 Å². The van der Waals surface area contributed by atoms with Crippen LogP contribution in [0.3, 0.4) is 0 Å². The lowest BCUT2D eigenvalue weighted by atomic mass is 10.3. The molecule has 1 aromatic rings. The van der Waals surface area contributed by atoms with E-state index >= 15 is 0 Å². The van der Waals surface area contributed by atoms with Crippen molar-refractivity contribution >= 4 is 43.3 Å². The number of halogens is 1. The van der Waals surface area contributed by atoms with Gasteiger partial charge in [-0.15, -0.1) is 0 Å². The number of hydrogen-bond donors (Lipinski definition) is 2. The average Bonchev–Trinajstić information content (AvgIpc) is 2.32. The summed E-state index contributed by atoms with van der Waals surface area (Å²) in [5, 5.41) is 0. The van der Waals surface area contributed by atoms with E-state index in [0.717, 1.165) is 0 Å². The zero-order chi connectivity index (χ0) is 14.5. The molecule has 0 fully saturated rings. The summed E-state index contributed by atoms with van der Waals surface area (Å²) in [7, 11) is -3.59. The van der Waals surface area contributed by atoms with Crippen LogP contribution in [0.5, 0.6) is 0 Å². The first-order chi connectivity index (χ1) is 8.84. The largest absolute Gasteiger partial charge is 0.466 e. The fraction of sp³-hybridized carbons (Fsp3) is 0.364. The molecular weight excluding hydrogens is 336 g/mol. The fourth-order valence-corrected chi connectivity index (χ4v) is 2.67. The zero-order valence-corrected chi connectivity index (χ0v) is 12.8. The Kier molecular flexibility index (Phi) is 5.61. The second-order valence-electron chi connectivity index (χ2n) is 3.71. The number of ether oxygens (including phenoxy) is 1. The first kappa shape index (κ1) is 15.8. The molecule has 8 heteroatoms. The van der Waals surface area contributed by atoms with Crippen molar-refractivity contribution in [1.82, 2.24) is 0 Å². The maximum absolute atomic E-state index is 11.7. The lowest BCUT2D eigenvalue weighted by molar-refractivity contribution is -0.142. The molecule has 0 radical (unpaired) electrons. The van der Waals surface area contributed by atoms with Crippen LogP contribution in [-0.2, 0) is 19.6 Å². The maximum atomic E-state index is 11.7. The smallest absolute Gasteiger partial charge is 0.306 e. The van der Waals surface area contributed by atoms with E-state index in [4.69, 9.17) is 5.73 Å². The van der Waals surface area contributed by atoms with Gasteiger partial charge in [0.15, 0.2) is 0 Å². The third kappa shape index (κ3) is 5.48. The molecule has 0 saturated heterocycles. The van der Waals surface area contributed by atoms with Crippen LogP contribution in [0, 0.1) is 0 Å². The quantitative estimate of drug-likeness (QED) is 0.601. The van der Waals surface area contributed by atoms with Gasteiger partial charge >= 0.3 is 5.97 Å². The van der Waals surface area contributed by atoms with E-state index in [-0.39, 0.29) is 18.8 Å². The lowest BCUT2D eigenvalue weighted by Crippen LogP contribution is -2.20. The highest BCUT2D eigenvalue weighted by molar-refractivity contribution is 9.10. The van der Waals surface area contributed by atoms with Crippen molar-refractivity contribution < 1.29 is 17.9 Å². The van der Waals surface area contributed by atoms with E-state index in [2.05, 4.69) is 25.4 Å². The monoisotopic (exact) mass is 350 g/mol. The van der Waals surface area contributed by atoms with Crippen molar-refractivity contribution in [1.29, 1.82) is 0 Å². The number of carbonyl (C=O) groups excluding carboxylic acids is 1. The first-order valence-corrected chi connectivity index (χ1v) is 7.99. The number of nitrogen functional groups attached to an aromatic ring is 1. The topological polar surface area (TPSA) is 98.5 Å². The summed E-state index contributed by atoms with van der Waals surface area (Å²) in [6.45, 7) is 1.90. The Hall–Kier alpha value is -1.28. The molecule has 0 amide bonds. The number of hydrogen-bond acceptors (Lipinski definition) is 5. The van der Waals surface area contributed by atoms with E-state index < -0.39 is 16.0 Å². The Morgan fingerprint density at radius 2 is 2.16 bits per heavy atom.